The molecule has 1 aromatic rings. The fraction of sp³-hybridized carbons (Fsp3) is 0.611. The molecule has 2 aliphatic rings. The first-order valence-corrected chi connectivity index (χ1v) is 8.59. The molecule has 1 aliphatic carbocycles. The number of anilines is 2. The fourth-order valence-corrected chi connectivity index (χ4v) is 3.80. The number of H-pyrrole nitrogens is 1. The minimum atomic E-state index is -0.553. The molecule has 2 heterocycles. The van der Waals surface area contributed by atoms with Gasteiger partial charge in [0.2, 0.25) is 11.9 Å². The Morgan fingerprint density at radius 3 is 2.92 bits per heavy atom. The monoisotopic (exact) mass is 330 g/mol. The Morgan fingerprint density at radius 2 is 2.25 bits per heavy atom. The van der Waals surface area contributed by atoms with Crippen LogP contribution in [0.15, 0.2) is 17.4 Å². The third-order valence-electron chi connectivity index (χ3n) is 5.04. The molecule has 6 nitrogen and oxygen atoms in total. The van der Waals surface area contributed by atoms with E-state index in [1.54, 1.807) is 0 Å². The van der Waals surface area contributed by atoms with Gasteiger partial charge < -0.3 is 5.32 Å². The summed E-state index contributed by atoms with van der Waals surface area (Å²) in [6, 6.07) is 0. The number of amides is 1. The zero-order chi connectivity index (χ0) is 17.5. The average Bonchev–Trinajstić information content (AvgIpc) is 2.45. The number of carbonyl (C=O) groups is 1. The van der Waals surface area contributed by atoms with Crippen molar-refractivity contribution >= 4 is 17.7 Å². The summed E-state index contributed by atoms with van der Waals surface area (Å²) in [5.41, 5.74) is -0.0503. The van der Waals surface area contributed by atoms with Gasteiger partial charge in [-0.25, -0.2) is 0 Å². The first kappa shape index (κ1) is 16.7. The van der Waals surface area contributed by atoms with E-state index >= 15 is 0 Å². The van der Waals surface area contributed by atoms with Gasteiger partial charge in [-0.2, -0.15) is 4.98 Å². The molecular weight excluding hydrogens is 304 g/mol. The molecule has 2 bridgehead atoms. The van der Waals surface area contributed by atoms with E-state index in [0.29, 0.717) is 5.82 Å². The van der Waals surface area contributed by atoms with Crippen LogP contribution in [0.3, 0.4) is 0 Å². The zero-order valence-electron chi connectivity index (χ0n) is 14.7. The Hall–Kier alpha value is -2.11. The van der Waals surface area contributed by atoms with Crippen LogP contribution >= 0.6 is 0 Å². The third-order valence-corrected chi connectivity index (χ3v) is 5.04. The van der Waals surface area contributed by atoms with Crippen molar-refractivity contribution in [3.63, 3.8) is 0 Å². The number of rotatable bonds is 3. The van der Waals surface area contributed by atoms with Gasteiger partial charge in [0, 0.05) is 11.0 Å². The summed E-state index contributed by atoms with van der Waals surface area (Å²) in [6.45, 7) is 9.33. The van der Waals surface area contributed by atoms with Crippen LogP contribution in [0.5, 0.6) is 0 Å². The smallest absolute Gasteiger partial charge is 0.257 e. The second kappa shape index (κ2) is 5.76. The highest BCUT2D eigenvalue weighted by atomic mass is 16.2. The molecule has 1 fully saturated rings. The summed E-state index contributed by atoms with van der Waals surface area (Å²) < 4.78 is 0. The molecule has 2 unspecified atom stereocenters. The minimum absolute atomic E-state index is 0.0657. The van der Waals surface area contributed by atoms with Gasteiger partial charge in [-0.3, -0.25) is 19.9 Å². The number of aromatic nitrogens is 2. The normalized spacial score (nSPS) is 25.4. The molecular formula is C18H26N4O2. The lowest BCUT2D eigenvalue weighted by molar-refractivity contribution is -0.123. The van der Waals surface area contributed by atoms with E-state index in [9.17, 15) is 9.59 Å². The summed E-state index contributed by atoms with van der Waals surface area (Å²) in [7, 11) is 0. The highest BCUT2D eigenvalue weighted by Gasteiger charge is 2.43. The molecule has 1 aromatic heterocycles. The Morgan fingerprint density at radius 1 is 1.50 bits per heavy atom. The van der Waals surface area contributed by atoms with Crippen LogP contribution in [0.25, 0.3) is 0 Å². The van der Waals surface area contributed by atoms with E-state index in [0.717, 1.165) is 37.7 Å². The summed E-state index contributed by atoms with van der Waals surface area (Å²) in [6.07, 6.45) is 6.85. The fourth-order valence-electron chi connectivity index (χ4n) is 3.80. The second-order valence-corrected chi connectivity index (χ2v) is 8.07. The lowest BCUT2D eigenvalue weighted by atomic mass is 9.69. The van der Waals surface area contributed by atoms with Gasteiger partial charge in [0.25, 0.3) is 5.56 Å². The SMILES string of the molecule is C=CCC12CCCC(C1)c1c(nc(NC(=O)C(C)(C)C)[nH]c1=O)N2. The number of carbonyl (C=O) groups excluding carboxylic acids is 1. The van der Waals surface area contributed by atoms with Crippen molar-refractivity contribution in [2.24, 2.45) is 5.41 Å². The van der Waals surface area contributed by atoms with E-state index in [1.165, 1.54) is 0 Å². The van der Waals surface area contributed by atoms with E-state index in [4.69, 9.17) is 0 Å². The van der Waals surface area contributed by atoms with Crippen LogP contribution in [0.4, 0.5) is 11.8 Å². The number of nitrogens with zero attached hydrogens (tertiary/aromatic N) is 1. The van der Waals surface area contributed by atoms with E-state index < -0.39 is 5.41 Å². The predicted molar refractivity (Wildman–Crippen MR) is 95.3 cm³/mol. The molecule has 24 heavy (non-hydrogen) atoms. The Balaban J connectivity index is 1.97. The maximum atomic E-state index is 12.6. The Kier molecular flexibility index (Phi) is 4.01. The maximum Gasteiger partial charge on any atom is 0.257 e. The third kappa shape index (κ3) is 2.97. The van der Waals surface area contributed by atoms with Crippen molar-refractivity contribution in [2.75, 3.05) is 10.6 Å². The van der Waals surface area contributed by atoms with Crippen LogP contribution in [0, 0.1) is 5.41 Å². The van der Waals surface area contributed by atoms with Crippen molar-refractivity contribution in [1.82, 2.24) is 9.97 Å². The van der Waals surface area contributed by atoms with Gasteiger partial charge >= 0.3 is 0 Å². The molecule has 0 radical (unpaired) electrons. The van der Waals surface area contributed by atoms with Gasteiger partial charge in [-0.05, 0) is 31.6 Å². The van der Waals surface area contributed by atoms with Gasteiger partial charge in [0.15, 0.2) is 0 Å². The van der Waals surface area contributed by atoms with Crippen molar-refractivity contribution in [1.29, 1.82) is 0 Å². The minimum Gasteiger partial charge on any atom is -0.364 e. The molecule has 3 rings (SSSR count). The second-order valence-electron chi connectivity index (χ2n) is 8.07. The summed E-state index contributed by atoms with van der Waals surface area (Å²) in [5, 5.41) is 6.20. The molecule has 0 spiro atoms. The number of nitrogens with one attached hydrogen (secondary N) is 3. The lowest BCUT2D eigenvalue weighted by Gasteiger charge is -2.46. The van der Waals surface area contributed by atoms with Gasteiger partial charge in [-0.1, -0.05) is 33.3 Å². The van der Waals surface area contributed by atoms with E-state index in [-0.39, 0.29) is 28.9 Å². The van der Waals surface area contributed by atoms with Crippen LogP contribution < -0.4 is 16.2 Å². The zero-order valence-corrected chi connectivity index (χ0v) is 14.7. The molecule has 130 valence electrons. The van der Waals surface area contributed by atoms with Gasteiger partial charge in [0.05, 0.1) is 5.56 Å². The number of aromatic amines is 1. The molecule has 0 saturated heterocycles. The van der Waals surface area contributed by atoms with Crippen molar-refractivity contribution in [2.45, 2.75) is 64.3 Å². The number of hydrogen-bond acceptors (Lipinski definition) is 4. The summed E-state index contributed by atoms with van der Waals surface area (Å²) in [4.78, 5) is 32.0. The van der Waals surface area contributed by atoms with Gasteiger partial charge in [-0.15, -0.1) is 6.58 Å². The summed E-state index contributed by atoms with van der Waals surface area (Å²) >= 11 is 0. The summed E-state index contributed by atoms with van der Waals surface area (Å²) in [5.74, 6) is 0.863. The molecule has 2 atom stereocenters. The first-order valence-electron chi connectivity index (χ1n) is 8.59. The standard InChI is InChI=1S/C18H26N4O2/c1-5-8-18-9-6-7-11(10-18)12-13(22-18)19-16(20-14(12)23)21-15(24)17(2,3)4/h5,11H,1,6-10H2,2-4H3,(H3,19,20,21,22,23,24). The Labute approximate surface area is 142 Å². The predicted octanol–water partition coefficient (Wildman–Crippen LogP) is 3.15. The van der Waals surface area contributed by atoms with Crippen molar-refractivity contribution < 1.29 is 4.79 Å². The largest absolute Gasteiger partial charge is 0.364 e. The number of fused-ring (bicyclic) bond motifs is 4. The molecule has 3 N–H and O–H groups in total. The number of hydrogen-bond donors (Lipinski definition) is 3. The maximum absolute atomic E-state index is 12.6. The van der Waals surface area contributed by atoms with E-state index in [2.05, 4.69) is 27.2 Å². The average molecular weight is 330 g/mol. The molecule has 1 saturated carbocycles. The molecule has 6 heteroatoms. The quantitative estimate of drug-likeness (QED) is 0.743. The highest BCUT2D eigenvalue weighted by molar-refractivity contribution is 5.93. The van der Waals surface area contributed by atoms with Crippen LogP contribution in [-0.2, 0) is 4.79 Å². The van der Waals surface area contributed by atoms with Crippen LogP contribution in [0.2, 0.25) is 0 Å². The molecule has 1 aliphatic heterocycles. The van der Waals surface area contributed by atoms with Crippen LogP contribution in [-0.4, -0.2) is 21.4 Å². The first-order chi connectivity index (χ1) is 11.2. The molecule has 0 aromatic carbocycles. The van der Waals surface area contributed by atoms with Crippen LogP contribution in [0.1, 0.15) is 64.4 Å². The van der Waals surface area contributed by atoms with E-state index in [1.807, 2.05) is 26.8 Å². The Bertz CT molecular complexity index is 732. The van der Waals surface area contributed by atoms with Gasteiger partial charge in [0.1, 0.15) is 5.82 Å². The lowest BCUT2D eigenvalue weighted by Crippen LogP contribution is -2.47. The topological polar surface area (TPSA) is 86.9 Å². The van der Waals surface area contributed by atoms with Crippen molar-refractivity contribution in [3.05, 3.63) is 28.6 Å². The highest BCUT2D eigenvalue weighted by Crippen LogP contribution is 2.47. The molecule has 1 amide bonds. The van der Waals surface area contributed by atoms with Crippen molar-refractivity contribution in [3.8, 4) is 0 Å².